The number of benzene rings is 1. The van der Waals surface area contributed by atoms with E-state index in [1.54, 1.807) is 13.0 Å². The first-order valence-corrected chi connectivity index (χ1v) is 5.30. The molecule has 1 atom stereocenters. The number of carbonyl (C=O) groups is 1. The lowest BCUT2D eigenvalue weighted by Crippen LogP contribution is -2.29. The van der Waals surface area contributed by atoms with Gasteiger partial charge in [0.2, 0.25) is 0 Å². The predicted molar refractivity (Wildman–Crippen MR) is 63.6 cm³/mol. The molecular formula is C11H14N2O5. The van der Waals surface area contributed by atoms with Crippen LogP contribution in [0.5, 0.6) is 5.75 Å². The van der Waals surface area contributed by atoms with Crippen LogP contribution < -0.4 is 10.5 Å². The molecule has 0 aliphatic heterocycles. The third kappa shape index (κ3) is 3.42. The molecule has 7 nitrogen and oxygen atoms in total. The molecule has 0 aromatic heterocycles. The van der Waals surface area contributed by atoms with E-state index in [-0.39, 0.29) is 24.4 Å². The second-order valence-electron chi connectivity index (χ2n) is 3.75. The van der Waals surface area contributed by atoms with Crippen molar-refractivity contribution < 1.29 is 19.6 Å². The van der Waals surface area contributed by atoms with Gasteiger partial charge in [0.1, 0.15) is 0 Å². The van der Waals surface area contributed by atoms with E-state index in [2.05, 4.69) is 0 Å². The van der Waals surface area contributed by atoms with Gasteiger partial charge >= 0.3 is 11.7 Å². The molecule has 7 heteroatoms. The third-order valence-corrected chi connectivity index (χ3v) is 2.29. The van der Waals surface area contributed by atoms with Crippen LogP contribution >= 0.6 is 0 Å². The average Bonchev–Trinajstić information content (AvgIpc) is 2.28. The summed E-state index contributed by atoms with van der Waals surface area (Å²) < 4.78 is 5.17. The van der Waals surface area contributed by atoms with Crippen molar-refractivity contribution in [2.24, 2.45) is 5.73 Å². The van der Waals surface area contributed by atoms with Crippen molar-refractivity contribution in [3.8, 4) is 5.75 Å². The maximum absolute atomic E-state index is 10.9. The van der Waals surface area contributed by atoms with Crippen LogP contribution in [0, 0.1) is 17.0 Å². The molecule has 1 unspecified atom stereocenters. The molecule has 0 saturated carbocycles. The van der Waals surface area contributed by atoms with E-state index >= 15 is 0 Å². The van der Waals surface area contributed by atoms with E-state index in [0.717, 1.165) is 5.56 Å². The van der Waals surface area contributed by atoms with Crippen molar-refractivity contribution in [1.82, 2.24) is 0 Å². The summed E-state index contributed by atoms with van der Waals surface area (Å²) in [5.74, 6) is -1.25. The van der Waals surface area contributed by atoms with Crippen LogP contribution in [0.1, 0.15) is 12.0 Å². The highest BCUT2D eigenvalue weighted by atomic mass is 16.6. The number of nitrogens with two attached hydrogens (primary N) is 1. The molecule has 0 heterocycles. The van der Waals surface area contributed by atoms with Crippen LogP contribution in [0.3, 0.4) is 0 Å². The van der Waals surface area contributed by atoms with Crippen molar-refractivity contribution in [2.75, 3.05) is 6.54 Å². The number of aryl methyl sites for hydroxylation is 1. The molecule has 0 saturated heterocycles. The van der Waals surface area contributed by atoms with Gasteiger partial charge in [-0.15, -0.1) is 0 Å². The number of carboxylic acids is 1. The topological polar surface area (TPSA) is 116 Å². The minimum atomic E-state index is -1.20. The van der Waals surface area contributed by atoms with E-state index in [4.69, 9.17) is 15.6 Å². The molecule has 0 radical (unpaired) electrons. The molecule has 0 bridgehead atoms. The van der Waals surface area contributed by atoms with Crippen molar-refractivity contribution in [2.45, 2.75) is 19.4 Å². The van der Waals surface area contributed by atoms with Gasteiger partial charge in [-0.2, -0.15) is 0 Å². The summed E-state index contributed by atoms with van der Waals surface area (Å²) in [5.41, 5.74) is 5.75. The summed E-state index contributed by atoms with van der Waals surface area (Å²) in [6, 6.07) is 4.28. The molecule has 18 heavy (non-hydrogen) atoms. The van der Waals surface area contributed by atoms with Crippen LogP contribution in [-0.2, 0) is 4.79 Å². The van der Waals surface area contributed by atoms with E-state index in [1.807, 2.05) is 0 Å². The minimum Gasteiger partial charge on any atom is -0.479 e. The van der Waals surface area contributed by atoms with Crippen LogP contribution in [0.4, 0.5) is 5.69 Å². The number of ether oxygens (including phenoxy) is 1. The number of carboxylic acid groups (broad SMARTS) is 1. The fourth-order valence-electron chi connectivity index (χ4n) is 1.40. The summed E-state index contributed by atoms with van der Waals surface area (Å²) in [5, 5.41) is 19.7. The van der Waals surface area contributed by atoms with Gasteiger partial charge in [-0.05, 0) is 25.1 Å². The lowest BCUT2D eigenvalue weighted by molar-refractivity contribution is -0.386. The van der Waals surface area contributed by atoms with Gasteiger partial charge < -0.3 is 15.6 Å². The summed E-state index contributed by atoms with van der Waals surface area (Å²) in [6.07, 6.45) is -1.10. The Balaban J connectivity index is 3.03. The molecule has 98 valence electrons. The zero-order valence-corrected chi connectivity index (χ0v) is 9.83. The predicted octanol–water partition coefficient (Wildman–Crippen LogP) is 1.08. The SMILES string of the molecule is Cc1ccc([N+](=O)[O-])c(OC(CCN)C(=O)O)c1. The monoisotopic (exact) mass is 254 g/mol. The van der Waals surface area contributed by atoms with Gasteiger partial charge in [-0.25, -0.2) is 4.79 Å². The number of nitro groups is 1. The summed E-state index contributed by atoms with van der Waals surface area (Å²) >= 11 is 0. The average molecular weight is 254 g/mol. The minimum absolute atomic E-state index is 0.0548. The van der Waals surface area contributed by atoms with Gasteiger partial charge in [-0.1, -0.05) is 6.07 Å². The fraction of sp³-hybridized carbons (Fsp3) is 0.364. The lowest BCUT2D eigenvalue weighted by Gasteiger charge is -2.14. The van der Waals surface area contributed by atoms with Crippen molar-refractivity contribution in [1.29, 1.82) is 0 Å². The van der Waals surface area contributed by atoms with Gasteiger partial charge in [-0.3, -0.25) is 10.1 Å². The van der Waals surface area contributed by atoms with Crippen LogP contribution in [0.2, 0.25) is 0 Å². The third-order valence-electron chi connectivity index (χ3n) is 2.29. The first-order chi connectivity index (χ1) is 8.45. The van der Waals surface area contributed by atoms with Crippen molar-refractivity contribution >= 4 is 11.7 Å². The molecule has 1 aromatic rings. The van der Waals surface area contributed by atoms with Crippen LogP contribution in [0.15, 0.2) is 18.2 Å². The van der Waals surface area contributed by atoms with Gasteiger partial charge in [0.25, 0.3) is 0 Å². The molecule has 0 fully saturated rings. The quantitative estimate of drug-likeness (QED) is 0.579. The zero-order valence-electron chi connectivity index (χ0n) is 9.83. The Hall–Kier alpha value is -2.15. The Bertz CT molecular complexity index is 461. The molecule has 0 aliphatic carbocycles. The number of hydrogen-bond acceptors (Lipinski definition) is 5. The Morgan fingerprint density at radius 2 is 2.28 bits per heavy atom. The Morgan fingerprint density at radius 1 is 1.61 bits per heavy atom. The highest BCUT2D eigenvalue weighted by Gasteiger charge is 2.23. The number of rotatable bonds is 6. The highest BCUT2D eigenvalue weighted by molar-refractivity contribution is 5.73. The summed E-state index contributed by atoms with van der Waals surface area (Å²) in [7, 11) is 0. The Labute approximate surface area is 103 Å². The first kappa shape index (κ1) is 13.9. The van der Waals surface area contributed by atoms with Gasteiger partial charge in [0.05, 0.1) is 4.92 Å². The second kappa shape index (κ2) is 5.97. The molecule has 0 aliphatic rings. The largest absolute Gasteiger partial charge is 0.479 e. The van der Waals surface area contributed by atoms with Crippen molar-refractivity contribution in [3.05, 3.63) is 33.9 Å². The van der Waals surface area contributed by atoms with E-state index in [9.17, 15) is 14.9 Å². The lowest BCUT2D eigenvalue weighted by atomic mass is 10.2. The number of nitrogens with zero attached hydrogens (tertiary/aromatic N) is 1. The maximum atomic E-state index is 10.9. The van der Waals surface area contributed by atoms with Gasteiger partial charge in [0, 0.05) is 12.5 Å². The normalized spacial score (nSPS) is 11.9. The number of aliphatic carboxylic acids is 1. The highest BCUT2D eigenvalue weighted by Crippen LogP contribution is 2.29. The second-order valence-corrected chi connectivity index (χ2v) is 3.75. The Morgan fingerprint density at radius 3 is 2.78 bits per heavy atom. The molecule has 0 spiro atoms. The number of hydrogen-bond donors (Lipinski definition) is 2. The molecule has 1 rings (SSSR count). The van der Waals surface area contributed by atoms with E-state index in [1.165, 1.54) is 12.1 Å². The molecule has 3 N–H and O–H groups in total. The molecular weight excluding hydrogens is 240 g/mol. The summed E-state index contributed by atoms with van der Waals surface area (Å²) in [6.45, 7) is 1.85. The Kier molecular flexibility index (Phi) is 4.61. The summed E-state index contributed by atoms with van der Waals surface area (Å²) in [4.78, 5) is 21.1. The van der Waals surface area contributed by atoms with Crippen molar-refractivity contribution in [3.63, 3.8) is 0 Å². The van der Waals surface area contributed by atoms with Crippen LogP contribution in [0.25, 0.3) is 0 Å². The smallest absolute Gasteiger partial charge is 0.344 e. The van der Waals surface area contributed by atoms with Gasteiger partial charge in [0.15, 0.2) is 11.9 Å². The first-order valence-electron chi connectivity index (χ1n) is 5.30. The molecule has 0 amide bonds. The van der Waals surface area contributed by atoms with E-state index in [0.29, 0.717) is 0 Å². The maximum Gasteiger partial charge on any atom is 0.344 e. The molecule has 1 aromatic carbocycles. The number of nitro benzene ring substituents is 1. The fourth-order valence-corrected chi connectivity index (χ4v) is 1.40. The van der Waals surface area contributed by atoms with Crippen LogP contribution in [-0.4, -0.2) is 28.6 Å². The zero-order chi connectivity index (χ0) is 13.7. The standard InChI is InChI=1S/C11H14N2O5/c1-7-2-3-8(13(16)17)10(6-7)18-9(4-5-12)11(14)15/h2-3,6,9H,4-5,12H2,1H3,(H,14,15). The van der Waals surface area contributed by atoms with E-state index < -0.39 is 17.0 Å².